The Morgan fingerprint density at radius 1 is 1.42 bits per heavy atom. The van der Waals surface area contributed by atoms with Crippen LogP contribution in [0.1, 0.15) is 43.9 Å². The van der Waals surface area contributed by atoms with Crippen molar-refractivity contribution in [2.45, 2.75) is 32.8 Å². The molecule has 19 heavy (non-hydrogen) atoms. The van der Waals surface area contributed by atoms with Crippen LogP contribution in [0.4, 0.5) is 0 Å². The second kappa shape index (κ2) is 6.91. The number of ether oxygens (including phenoxy) is 2. The van der Waals surface area contributed by atoms with Gasteiger partial charge in [-0.3, -0.25) is 0 Å². The van der Waals surface area contributed by atoms with Crippen molar-refractivity contribution in [1.29, 1.82) is 0 Å². The molecule has 0 heterocycles. The normalized spacial score (nSPS) is 12.4. The van der Waals surface area contributed by atoms with E-state index in [9.17, 15) is 9.90 Å². The highest BCUT2D eigenvalue weighted by Crippen LogP contribution is 2.36. The number of aliphatic hydroxyl groups is 1. The van der Waals surface area contributed by atoms with Crippen molar-refractivity contribution >= 4 is 21.9 Å². The zero-order valence-corrected chi connectivity index (χ0v) is 13.2. The van der Waals surface area contributed by atoms with Gasteiger partial charge in [0.05, 0.1) is 18.2 Å². The summed E-state index contributed by atoms with van der Waals surface area (Å²) in [6, 6.07) is 3.45. The first-order valence-corrected chi connectivity index (χ1v) is 6.93. The van der Waals surface area contributed by atoms with Gasteiger partial charge in [0.15, 0.2) is 6.10 Å². The maximum atomic E-state index is 11.6. The fourth-order valence-electron chi connectivity index (χ4n) is 1.80. The van der Waals surface area contributed by atoms with E-state index < -0.39 is 12.1 Å². The predicted molar refractivity (Wildman–Crippen MR) is 76.4 cm³/mol. The molecule has 4 nitrogen and oxygen atoms in total. The van der Waals surface area contributed by atoms with Crippen LogP contribution in [0.2, 0.25) is 0 Å². The number of carbonyl (C=O) groups is 1. The lowest BCUT2D eigenvalue weighted by atomic mass is 9.97. The fraction of sp³-hybridized carbons (Fsp3) is 0.500. The molecule has 1 atom stereocenters. The first-order valence-electron chi connectivity index (χ1n) is 6.14. The van der Waals surface area contributed by atoms with Crippen LogP contribution < -0.4 is 4.74 Å². The molecule has 0 aliphatic rings. The highest BCUT2D eigenvalue weighted by atomic mass is 79.9. The van der Waals surface area contributed by atoms with Crippen LogP contribution >= 0.6 is 15.9 Å². The van der Waals surface area contributed by atoms with E-state index in [4.69, 9.17) is 9.47 Å². The molecule has 5 heteroatoms. The van der Waals surface area contributed by atoms with Gasteiger partial charge in [-0.1, -0.05) is 13.8 Å². The predicted octanol–water partition coefficient (Wildman–Crippen LogP) is 3.18. The number of carbonyl (C=O) groups excluding carboxylic acids is 1. The number of methoxy groups -OCH3 is 1. The van der Waals surface area contributed by atoms with Crippen molar-refractivity contribution < 1.29 is 19.4 Å². The molecule has 1 aromatic carbocycles. The summed E-state index contributed by atoms with van der Waals surface area (Å²) in [6.45, 7) is 5.98. The topological polar surface area (TPSA) is 55.8 Å². The number of rotatable bonds is 5. The van der Waals surface area contributed by atoms with Crippen LogP contribution in [0.3, 0.4) is 0 Å². The van der Waals surface area contributed by atoms with Crippen LogP contribution in [-0.2, 0) is 9.53 Å². The van der Waals surface area contributed by atoms with Gasteiger partial charge in [-0.2, -0.15) is 0 Å². The molecule has 0 aromatic heterocycles. The third-order valence-corrected chi connectivity index (χ3v) is 3.34. The Kier molecular flexibility index (Phi) is 5.82. The van der Waals surface area contributed by atoms with Gasteiger partial charge in [-0.25, -0.2) is 4.79 Å². The molecular formula is C14H19BrO4. The first kappa shape index (κ1) is 16.0. The zero-order chi connectivity index (χ0) is 14.6. The molecule has 1 unspecified atom stereocenters. The lowest BCUT2D eigenvalue weighted by molar-refractivity contribution is -0.153. The molecule has 1 aromatic rings. The maximum Gasteiger partial charge on any atom is 0.339 e. The fourth-order valence-corrected chi connectivity index (χ4v) is 2.45. The van der Waals surface area contributed by atoms with E-state index in [2.05, 4.69) is 15.9 Å². The quantitative estimate of drug-likeness (QED) is 0.842. The average molecular weight is 331 g/mol. The first-order chi connectivity index (χ1) is 8.92. The van der Waals surface area contributed by atoms with E-state index in [0.717, 1.165) is 11.3 Å². The summed E-state index contributed by atoms with van der Waals surface area (Å²) in [4.78, 5) is 11.6. The van der Waals surface area contributed by atoms with Crippen LogP contribution in [0.15, 0.2) is 16.6 Å². The van der Waals surface area contributed by atoms with Crippen molar-refractivity contribution in [3.8, 4) is 5.75 Å². The van der Waals surface area contributed by atoms with Crippen LogP contribution in [0, 0.1) is 0 Å². The molecule has 0 radical (unpaired) electrons. The average Bonchev–Trinajstić information content (AvgIpc) is 2.36. The molecule has 0 fully saturated rings. The molecule has 1 N–H and O–H groups in total. The third-order valence-electron chi connectivity index (χ3n) is 2.75. The molecule has 0 aliphatic heterocycles. The number of halogens is 1. The van der Waals surface area contributed by atoms with Crippen molar-refractivity contribution in [2.24, 2.45) is 0 Å². The third kappa shape index (κ3) is 3.70. The molecule has 0 amide bonds. The lowest BCUT2D eigenvalue weighted by Crippen LogP contribution is -2.16. The van der Waals surface area contributed by atoms with Crippen molar-refractivity contribution in [1.82, 2.24) is 0 Å². The second-order valence-corrected chi connectivity index (χ2v) is 5.29. The molecule has 106 valence electrons. The molecule has 0 bridgehead atoms. The Bertz CT molecular complexity index is 457. The van der Waals surface area contributed by atoms with Crippen LogP contribution in [0.25, 0.3) is 0 Å². The maximum absolute atomic E-state index is 11.6. The van der Waals surface area contributed by atoms with Crippen molar-refractivity contribution in [2.75, 3.05) is 13.7 Å². The molecule has 1 rings (SSSR count). The minimum Gasteiger partial charge on any atom is -0.495 e. The minimum absolute atomic E-state index is 0.209. The highest BCUT2D eigenvalue weighted by Gasteiger charge is 2.22. The van der Waals surface area contributed by atoms with Gasteiger partial charge in [0, 0.05) is 0 Å². The molecule has 0 spiro atoms. The van der Waals surface area contributed by atoms with Gasteiger partial charge in [-0.05, 0) is 52.0 Å². The summed E-state index contributed by atoms with van der Waals surface area (Å²) < 4.78 is 10.9. The summed E-state index contributed by atoms with van der Waals surface area (Å²) in [5.41, 5.74) is 1.42. The van der Waals surface area contributed by atoms with Crippen LogP contribution in [-0.4, -0.2) is 24.8 Å². The Morgan fingerprint density at radius 2 is 2.05 bits per heavy atom. The molecular weight excluding hydrogens is 312 g/mol. The Hall–Kier alpha value is -1.07. The van der Waals surface area contributed by atoms with E-state index in [1.165, 1.54) is 0 Å². The summed E-state index contributed by atoms with van der Waals surface area (Å²) in [6.07, 6.45) is -1.28. The van der Waals surface area contributed by atoms with Gasteiger partial charge < -0.3 is 14.6 Å². The largest absolute Gasteiger partial charge is 0.495 e. The van der Waals surface area contributed by atoms with Crippen molar-refractivity contribution in [3.63, 3.8) is 0 Å². The molecule has 0 saturated carbocycles. The number of benzene rings is 1. The molecule has 0 saturated heterocycles. The van der Waals surface area contributed by atoms with Gasteiger partial charge >= 0.3 is 5.97 Å². The van der Waals surface area contributed by atoms with Gasteiger partial charge in [0.25, 0.3) is 0 Å². The van der Waals surface area contributed by atoms with E-state index >= 15 is 0 Å². The standard InChI is InChI=1S/C14H19BrO4/c1-5-19-14(17)12(16)9-6-10(8(2)3)13(18-4)11(15)7-9/h6-8,12,16H,5H2,1-4H3. The minimum atomic E-state index is -1.28. The number of hydrogen-bond donors (Lipinski definition) is 1. The van der Waals surface area contributed by atoms with E-state index in [1.807, 2.05) is 13.8 Å². The summed E-state index contributed by atoms with van der Waals surface area (Å²) in [7, 11) is 1.59. The summed E-state index contributed by atoms with van der Waals surface area (Å²) in [5, 5.41) is 9.98. The summed E-state index contributed by atoms with van der Waals surface area (Å²) >= 11 is 3.39. The number of hydrogen-bond acceptors (Lipinski definition) is 4. The molecule has 0 aliphatic carbocycles. The Labute approximate surface area is 121 Å². The van der Waals surface area contributed by atoms with E-state index in [-0.39, 0.29) is 12.5 Å². The summed E-state index contributed by atoms with van der Waals surface area (Å²) in [5.74, 6) is 0.282. The highest BCUT2D eigenvalue weighted by molar-refractivity contribution is 9.10. The monoisotopic (exact) mass is 330 g/mol. The van der Waals surface area contributed by atoms with Crippen molar-refractivity contribution in [3.05, 3.63) is 27.7 Å². The smallest absolute Gasteiger partial charge is 0.339 e. The van der Waals surface area contributed by atoms with E-state index in [1.54, 1.807) is 26.2 Å². The van der Waals surface area contributed by atoms with Gasteiger partial charge in [0.1, 0.15) is 5.75 Å². The second-order valence-electron chi connectivity index (χ2n) is 4.43. The lowest BCUT2D eigenvalue weighted by Gasteiger charge is -2.17. The van der Waals surface area contributed by atoms with Crippen LogP contribution in [0.5, 0.6) is 5.75 Å². The number of aliphatic hydroxyl groups excluding tert-OH is 1. The number of esters is 1. The SMILES string of the molecule is CCOC(=O)C(O)c1cc(Br)c(OC)c(C(C)C)c1. The Balaban J connectivity index is 3.20. The van der Waals surface area contributed by atoms with Gasteiger partial charge in [-0.15, -0.1) is 0 Å². The zero-order valence-electron chi connectivity index (χ0n) is 11.6. The Morgan fingerprint density at radius 3 is 2.53 bits per heavy atom. The van der Waals surface area contributed by atoms with E-state index in [0.29, 0.717) is 10.0 Å². The van der Waals surface area contributed by atoms with Gasteiger partial charge in [0.2, 0.25) is 0 Å².